The van der Waals surface area contributed by atoms with E-state index in [-0.39, 0.29) is 23.2 Å². The lowest BCUT2D eigenvalue weighted by Gasteiger charge is -2.29. The van der Waals surface area contributed by atoms with Gasteiger partial charge in [0.1, 0.15) is 12.1 Å². The van der Waals surface area contributed by atoms with Crippen LogP contribution in [0.5, 0.6) is 0 Å². The zero-order valence-electron chi connectivity index (χ0n) is 12.3. The van der Waals surface area contributed by atoms with Crippen LogP contribution in [-0.4, -0.2) is 58.9 Å². The summed E-state index contributed by atoms with van der Waals surface area (Å²) in [4.78, 5) is 37.7. The molecule has 0 aromatic rings. The molecule has 0 radical (unpaired) electrons. The highest BCUT2D eigenvalue weighted by Gasteiger charge is 2.44. The number of nitrogens with two attached hydrogens (primary N) is 1. The molecule has 118 valence electrons. The molecule has 0 spiro atoms. The Balaban J connectivity index is 2.12. The largest absolute Gasteiger partial charge is 0.368 e. The third kappa shape index (κ3) is 3.32. The van der Waals surface area contributed by atoms with Crippen LogP contribution >= 0.6 is 11.8 Å². The van der Waals surface area contributed by atoms with E-state index in [2.05, 4.69) is 10.6 Å². The van der Waals surface area contributed by atoms with Crippen molar-refractivity contribution in [3.8, 4) is 0 Å². The van der Waals surface area contributed by atoms with Crippen molar-refractivity contribution >= 4 is 29.5 Å². The van der Waals surface area contributed by atoms with Gasteiger partial charge in [0.2, 0.25) is 17.7 Å². The Labute approximate surface area is 128 Å². The molecule has 0 aliphatic carbocycles. The average molecular weight is 314 g/mol. The third-order valence-electron chi connectivity index (χ3n) is 4.07. The monoisotopic (exact) mass is 314 g/mol. The fourth-order valence-electron chi connectivity index (χ4n) is 2.70. The van der Waals surface area contributed by atoms with Crippen LogP contribution in [0.1, 0.15) is 26.2 Å². The van der Waals surface area contributed by atoms with Crippen molar-refractivity contribution in [1.82, 2.24) is 15.5 Å². The molecule has 0 unspecified atom stereocenters. The Morgan fingerprint density at radius 3 is 2.71 bits per heavy atom. The first-order valence-electron chi connectivity index (χ1n) is 7.16. The minimum Gasteiger partial charge on any atom is -0.368 e. The van der Waals surface area contributed by atoms with Crippen molar-refractivity contribution in [1.29, 1.82) is 0 Å². The fraction of sp³-hybridized carbons (Fsp3) is 0.769. The molecule has 4 N–H and O–H groups in total. The van der Waals surface area contributed by atoms with Crippen LogP contribution in [0.3, 0.4) is 0 Å². The summed E-state index contributed by atoms with van der Waals surface area (Å²) in [6.45, 7) is 1.73. The maximum atomic E-state index is 12.7. The van der Waals surface area contributed by atoms with Crippen molar-refractivity contribution in [3.05, 3.63) is 0 Å². The van der Waals surface area contributed by atoms with Crippen molar-refractivity contribution in [2.24, 2.45) is 5.73 Å². The van der Waals surface area contributed by atoms with E-state index in [9.17, 15) is 14.4 Å². The number of nitrogens with one attached hydrogen (secondary N) is 2. The maximum absolute atomic E-state index is 12.7. The van der Waals surface area contributed by atoms with Crippen molar-refractivity contribution in [2.45, 2.75) is 49.7 Å². The summed E-state index contributed by atoms with van der Waals surface area (Å²) in [7, 11) is 1.69. The SMILES string of the molecule is CN[C@@H](C)C(=O)N[C@H]1CCS[C@H]2CC[C@H](C(N)=O)N2C1=O. The summed E-state index contributed by atoms with van der Waals surface area (Å²) in [5.41, 5.74) is 5.39. The topological polar surface area (TPSA) is 105 Å². The minimum absolute atomic E-state index is 0.00127. The Morgan fingerprint density at radius 1 is 1.38 bits per heavy atom. The highest BCUT2D eigenvalue weighted by atomic mass is 32.2. The van der Waals surface area contributed by atoms with Gasteiger partial charge < -0.3 is 21.3 Å². The third-order valence-corrected chi connectivity index (χ3v) is 5.39. The number of carbonyl (C=O) groups is 3. The molecule has 2 fully saturated rings. The number of likely N-dealkylation sites (N-methyl/N-ethyl adjacent to an activating group) is 1. The quantitative estimate of drug-likeness (QED) is 0.618. The van der Waals surface area contributed by atoms with Gasteiger partial charge in [0.25, 0.3) is 0 Å². The van der Waals surface area contributed by atoms with Gasteiger partial charge in [0, 0.05) is 0 Å². The summed E-state index contributed by atoms with van der Waals surface area (Å²) in [5, 5.41) is 5.61. The number of hydrogen-bond acceptors (Lipinski definition) is 5. The fourth-order valence-corrected chi connectivity index (χ4v) is 4.06. The summed E-state index contributed by atoms with van der Waals surface area (Å²) < 4.78 is 0. The molecule has 21 heavy (non-hydrogen) atoms. The minimum atomic E-state index is -0.578. The van der Waals surface area contributed by atoms with Crippen LogP contribution in [0.2, 0.25) is 0 Å². The number of rotatable bonds is 4. The molecule has 2 rings (SSSR count). The molecule has 4 atom stereocenters. The van der Waals surface area contributed by atoms with Crippen molar-refractivity contribution in [2.75, 3.05) is 12.8 Å². The van der Waals surface area contributed by atoms with Crippen LogP contribution in [0.15, 0.2) is 0 Å². The number of primary amides is 1. The highest BCUT2D eigenvalue weighted by molar-refractivity contribution is 7.99. The Bertz CT molecular complexity index is 445. The lowest BCUT2D eigenvalue weighted by Crippen LogP contribution is -2.55. The molecule has 0 aromatic heterocycles. The summed E-state index contributed by atoms with van der Waals surface area (Å²) in [5.74, 6) is -0.101. The van der Waals surface area contributed by atoms with E-state index in [1.165, 1.54) is 0 Å². The van der Waals surface area contributed by atoms with E-state index in [1.54, 1.807) is 30.6 Å². The van der Waals surface area contributed by atoms with Crippen LogP contribution < -0.4 is 16.4 Å². The van der Waals surface area contributed by atoms with Gasteiger partial charge in [0.05, 0.1) is 11.4 Å². The lowest BCUT2D eigenvalue weighted by molar-refractivity contribution is -0.141. The maximum Gasteiger partial charge on any atom is 0.246 e. The first-order chi connectivity index (χ1) is 9.95. The van der Waals surface area contributed by atoms with E-state index in [4.69, 9.17) is 5.73 Å². The zero-order valence-corrected chi connectivity index (χ0v) is 13.1. The Kier molecular flexibility index (Phi) is 5.10. The first-order valence-corrected chi connectivity index (χ1v) is 8.21. The number of carbonyl (C=O) groups excluding carboxylic acids is 3. The normalized spacial score (nSPS) is 30.5. The van der Waals surface area contributed by atoms with Gasteiger partial charge in [-0.15, -0.1) is 11.8 Å². The molecule has 3 amide bonds. The van der Waals surface area contributed by atoms with Gasteiger partial charge in [0.15, 0.2) is 0 Å². The van der Waals surface area contributed by atoms with Crippen LogP contribution in [-0.2, 0) is 14.4 Å². The number of thioether (sulfide) groups is 1. The van der Waals surface area contributed by atoms with E-state index < -0.39 is 18.0 Å². The van der Waals surface area contributed by atoms with Crippen molar-refractivity contribution < 1.29 is 14.4 Å². The van der Waals surface area contributed by atoms with Gasteiger partial charge in [-0.25, -0.2) is 0 Å². The van der Waals surface area contributed by atoms with Crippen LogP contribution in [0.25, 0.3) is 0 Å². The second-order valence-electron chi connectivity index (χ2n) is 5.43. The van der Waals surface area contributed by atoms with Gasteiger partial charge >= 0.3 is 0 Å². The van der Waals surface area contributed by atoms with Crippen molar-refractivity contribution in [3.63, 3.8) is 0 Å². The second kappa shape index (κ2) is 6.65. The van der Waals surface area contributed by atoms with E-state index in [0.29, 0.717) is 12.8 Å². The molecule has 7 nitrogen and oxygen atoms in total. The van der Waals surface area contributed by atoms with E-state index in [0.717, 1.165) is 12.2 Å². The molecule has 2 saturated heterocycles. The smallest absolute Gasteiger partial charge is 0.246 e. The van der Waals surface area contributed by atoms with Gasteiger partial charge in [-0.05, 0) is 39.0 Å². The zero-order chi connectivity index (χ0) is 15.6. The van der Waals surface area contributed by atoms with Gasteiger partial charge in [-0.3, -0.25) is 14.4 Å². The summed E-state index contributed by atoms with van der Waals surface area (Å²) >= 11 is 1.65. The number of fused-ring (bicyclic) bond motifs is 1. The predicted molar refractivity (Wildman–Crippen MR) is 80.4 cm³/mol. The summed E-state index contributed by atoms with van der Waals surface area (Å²) in [6.07, 6.45) is 1.95. The second-order valence-corrected chi connectivity index (χ2v) is 6.71. The molecular formula is C13H22N4O3S. The van der Waals surface area contributed by atoms with Crippen LogP contribution in [0.4, 0.5) is 0 Å². The predicted octanol–water partition coefficient (Wildman–Crippen LogP) is -0.982. The molecular weight excluding hydrogens is 292 g/mol. The molecule has 2 heterocycles. The lowest BCUT2D eigenvalue weighted by atomic mass is 10.1. The first kappa shape index (κ1) is 16.1. The van der Waals surface area contributed by atoms with Crippen LogP contribution in [0, 0.1) is 0 Å². The Morgan fingerprint density at radius 2 is 2.10 bits per heavy atom. The number of hydrogen-bond donors (Lipinski definition) is 3. The molecule has 2 aliphatic heterocycles. The molecule has 8 heteroatoms. The Hall–Kier alpha value is -1.28. The molecule has 0 bridgehead atoms. The average Bonchev–Trinajstić information content (AvgIpc) is 2.82. The molecule has 0 saturated carbocycles. The van der Waals surface area contributed by atoms with E-state index in [1.807, 2.05) is 0 Å². The molecule has 2 aliphatic rings. The van der Waals surface area contributed by atoms with Gasteiger partial charge in [-0.2, -0.15) is 0 Å². The standard InChI is InChI=1S/C13H22N4O3S/c1-7(15-2)12(19)16-8-5-6-21-10-4-3-9(11(14)18)17(10)13(8)20/h7-10,15H,3-6H2,1-2H3,(H2,14,18)(H,16,19)/t7-,8-,9+,10-/m0/s1. The van der Waals surface area contributed by atoms with Gasteiger partial charge in [-0.1, -0.05) is 0 Å². The van der Waals surface area contributed by atoms with E-state index >= 15 is 0 Å². The molecule has 0 aromatic carbocycles. The number of nitrogens with zero attached hydrogens (tertiary/aromatic N) is 1. The highest BCUT2D eigenvalue weighted by Crippen LogP contribution is 2.35. The number of amides is 3. The summed E-state index contributed by atoms with van der Waals surface area (Å²) in [6, 6.07) is -1.49.